The van der Waals surface area contributed by atoms with Gasteiger partial charge in [0.05, 0.1) is 12.7 Å². The number of ether oxygens (including phenoxy) is 1. The van der Waals surface area contributed by atoms with Crippen molar-refractivity contribution in [1.29, 1.82) is 0 Å². The summed E-state index contributed by atoms with van der Waals surface area (Å²) in [5.41, 5.74) is 3.76. The molecule has 152 valence electrons. The quantitative estimate of drug-likeness (QED) is 0.791. The van der Waals surface area contributed by atoms with Gasteiger partial charge in [-0.2, -0.15) is 0 Å². The minimum atomic E-state index is -0.643. The van der Waals surface area contributed by atoms with E-state index < -0.39 is 12.0 Å². The number of nitrogens with zero attached hydrogens (tertiary/aromatic N) is 1. The van der Waals surface area contributed by atoms with Crippen LogP contribution in [-0.4, -0.2) is 37.5 Å². The second-order valence-electron chi connectivity index (χ2n) is 7.64. The summed E-state index contributed by atoms with van der Waals surface area (Å²) in [4.78, 5) is 39.4. The Bertz CT molecular complexity index is 934. The highest BCUT2D eigenvalue weighted by molar-refractivity contribution is 6.04. The molecule has 0 radical (unpaired) electrons. The minimum absolute atomic E-state index is 0.0738. The summed E-state index contributed by atoms with van der Waals surface area (Å²) < 4.78 is 4.77. The van der Waals surface area contributed by atoms with Gasteiger partial charge in [-0.15, -0.1) is 0 Å². The number of carbonyl (C=O) groups excluding carboxylic acids is 3. The van der Waals surface area contributed by atoms with E-state index in [1.807, 2.05) is 32.9 Å². The van der Waals surface area contributed by atoms with E-state index in [-0.39, 0.29) is 17.7 Å². The highest BCUT2D eigenvalue weighted by Crippen LogP contribution is 2.30. The maximum absolute atomic E-state index is 13.3. The Labute approximate surface area is 170 Å². The van der Waals surface area contributed by atoms with Gasteiger partial charge in [0, 0.05) is 17.8 Å². The van der Waals surface area contributed by atoms with E-state index in [1.165, 1.54) is 7.11 Å². The molecule has 1 heterocycles. The average Bonchev–Trinajstić information content (AvgIpc) is 3.14. The van der Waals surface area contributed by atoms with E-state index in [0.29, 0.717) is 24.1 Å². The molecule has 1 aliphatic rings. The summed E-state index contributed by atoms with van der Waals surface area (Å²) >= 11 is 0. The molecule has 1 atom stereocenters. The van der Waals surface area contributed by atoms with Gasteiger partial charge >= 0.3 is 5.97 Å². The number of nitrogens with one attached hydrogen (secondary N) is 1. The smallest absolute Gasteiger partial charge is 0.337 e. The lowest BCUT2D eigenvalue weighted by Gasteiger charge is -2.27. The van der Waals surface area contributed by atoms with Gasteiger partial charge < -0.3 is 15.0 Å². The molecule has 2 aromatic carbocycles. The van der Waals surface area contributed by atoms with E-state index in [9.17, 15) is 14.4 Å². The number of benzene rings is 2. The second-order valence-corrected chi connectivity index (χ2v) is 7.64. The molecule has 0 saturated heterocycles. The van der Waals surface area contributed by atoms with Crippen LogP contribution in [-0.2, 0) is 16.0 Å². The van der Waals surface area contributed by atoms with Gasteiger partial charge in [0.1, 0.15) is 6.04 Å². The largest absolute Gasteiger partial charge is 0.465 e. The molecule has 1 N–H and O–H groups in total. The molecule has 0 fully saturated rings. The zero-order valence-corrected chi connectivity index (χ0v) is 17.2. The normalized spacial score (nSPS) is 13.8. The first-order chi connectivity index (χ1) is 13.8. The molecule has 2 aromatic rings. The summed E-state index contributed by atoms with van der Waals surface area (Å²) in [6, 6.07) is 11.8. The average molecular weight is 394 g/mol. The monoisotopic (exact) mass is 394 g/mol. The van der Waals surface area contributed by atoms with Gasteiger partial charge in [-0.3, -0.25) is 9.59 Å². The standard InChI is InChI=1S/C23H26N2O4/c1-14(2)20(24-21(26)16-7-5-15(3)6-8-16)22(27)25-12-11-17-13-18(23(28)29-4)9-10-19(17)25/h5-10,13-14,20H,11-12H2,1-4H3,(H,24,26)/t20-/m1/s1. The van der Waals surface area contributed by atoms with Crippen molar-refractivity contribution in [3.05, 3.63) is 64.7 Å². The Hall–Kier alpha value is -3.15. The molecule has 0 bridgehead atoms. The Morgan fingerprint density at radius 1 is 1.03 bits per heavy atom. The van der Waals surface area contributed by atoms with Crippen molar-refractivity contribution in [2.24, 2.45) is 5.92 Å². The fourth-order valence-electron chi connectivity index (χ4n) is 3.49. The number of anilines is 1. The van der Waals surface area contributed by atoms with Gasteiger partial charge in [0.25, 0.3) is 5.91 Å². The SMILES string of the molecule is COC(=O)c1ccc2c(c1)CCN2C(=O)[C@H](NC(=O)c1ccc(C)cc1)C(C)C. The van der Waals surface area contributed by atoms with Crippen LogP contribution in [0.15, 0.2) is 42.5 Å². The summed E-state index contributed by atoms with van der Waals surface area (Å²) in [5.74, 6) is -0.888. The highest BCUT2D eigenvalue weighted by atomic mass is 16.5. The van der Waals surface area contributed by atoms with Gasteiger partial charge in [-0.25, -0.2) is 4.79 Å². The Balaban J connectivity index is 1.80. The summed E-state index contributed by atoms with van der Waals surface area (Å²) in [7, 11) is 1.34. The molecule has 0 aromatic heterocycles. The van der Waals surface area contributed by atoms with E-state index in [1.54, 1.807) is 35.2 Å². The van der Waals surface area contributed by atoms with E-state index in [2.05, 4.69) is 5.32 Å². The van der Waals surface area contributed by atoms with Crippen LogP contribution >= 0.6 is 0 Å². The summed E-state index contributed by atoms with van der Waals surface area (Å²) in [6.07, 6.45) is 0.655. The maximum atomic E-state index is 13.3. The lowest BCUT2D eigenvalue weighted by Crippen LogP contribution is -2.51. The molecular weight excluding hydrogens is 368 g/mol. The Kier molecular flexibility index (Phi) is 6.01. The van der Waals surface area contributed by atoms with Crippen molar-refractivity contribution in [3.8, 4) is 0 Å². The van der Waals surface area contributed by atoms with Crippen LogP contribution in [0, 0.1) is 12.8 Å². The van der Waals surface area contributed by atoms with Crippen molar-refractivity contribution in [1.82, 2.24) is 5.32 Å². The number of amides is 2. The first kappa shape index (κ1) is 20.6. The molecule has 0 saturated carbocycles. The van der Waals surface area contributed by atoms with Crippen molar-refractivity contribution in [3.63, 3.8) is 0 Å². The third-order valence-corrected chi connectivity index (χ3v) is 5.20. The number of esters is 1. The predicted octanol–water partition coefficient (Wildman–Crippen LogP) is 3.13. The zero-order valence-electron chi connectivity index (χ0n) is 17.2. The minimum Gasteiger partial charge on any atom is -0.465 e. The lowest BCUT2D eigenvalue weighted by atomic mass is 10.0. The van der Waals surface area contributed by atoms with Crippen LogP contribution in [0.2, 0.25) is 0 Å². The van der Waals surface area contributed by atoms with Crippen LogP contribution in [0.1, 0.15) is 45.7 Å². The number of rotatable bonds is 5. The molecule has 29 heavy (non-hydrogen) atoms. The van der Waals surface area contributed by atoms with Crippen molar-refractivity contribution in [2.75, 3.05) is 18.6 Å². The number of carbonyl (C=O) groups is 3. The predicted molar refractivity (Wildman–Crippen MR) is 111 cm³/mol. The molecule has 6 nitrogen and oxygen atoms in total. The maximum Gasteiger partial charge on any atom is 0.337 e. The van der Waals surface area contributed by atoms with Crippen LogP contribution in [0.4, 0.5) is 5.69 Å². The summed E-state index contributed by atoms with van der Waals surface area (Å²) in [5, 5.41) is 2.89. The molecule has 1 aliphatic heterocycles. The molecule has 2 amide bonds. The van der Waals surface area contributed by atoms with Crippen molar-refractivity contribution < 1.29 is 19.1 Å². The molecule has 3 rings (SSSR count). The van der Waals surface area contributed by atoms with Crippen LogP contribution < -0.4 is 10.2 Å². The molecular formula is C23H26N2O4. The lowest BCUT2D eigenvalue weighted by molar-refractivity contribution is -0.121. The molecule has 0 unspecified atom stereocenters. The van der Waals surface area contributed by atoms with Crippen LogP contribution in [0.5, 0.6) is 0 Å². The summed E-state index contributed by atoms with van der Waals surface area (Å²) in [6.45, 7) is 6.30. The van der Waals surface area contributed by atoms with E-state index >= 15 is 0 Å². The van der Waals surface area contributed by atoms with Gasteiger partial charge in [-0.1, -0.05) is 31.5 Å². The molecule has 0 aliphatic carbocycles. The number of methoxy groups -OCH3 is 1. The fraction of sp³-hybridized carbons (Fsp3) is 0.348. The number of aryl methyl sites for hydroxylation is 1. The molecule has 6 heteroatoms. The topological polar surface area (TPSA) is 75.7 Å². The van der Waals surface area contributed by atoms with Gasteiger partial charge in [-0.05, 0) is 55.2 Å². The Morgan fingerprint density at radius 2 is 1.69 bits per heavy atom. The third kappa shape index (κ3) is 4.31. The first-order valence-corrected chi connectivity index (χ1v) is 9.72. The van der Waals surface area contributed by atoms with Gasteiger partial charge in [0.2, 0.25) is 5.91 Å². The van der Waals surface area contributed by atoms with E-state index in [4.69, 9.17) is 4.74 Å². The van der Waals surface area contributed by atoms with Crippen LogP contribution in [0.25, 0.3) is 0 Å². The van der Waals surface area contributed by atoms with Crippen LogP contribution in [0.3, 0.4) is 0 Å². The van der Waals surface area contributed by atoms with E-state index in [0.717, 1.165) is 16.8 Å². The third-order valence-electron chi connectivity index (χ3n) is 5.20. The highest BCUT2D eigenvalue weighted by Gasteiger charge is 2.33. The van der Waals surface area contributed by atoms with Crippen molar-refractivity contribution in [2.45, 2.75) is 33.2 Å². The first-order valence-electron chi connectivity index (χ1n) is 9.72. The second kappa shape index (κ2) is 8.47. The number of hydrogen-bond acceptors (Lipinski definition) is 4. The number of hydrogen-bond donors (Lipinski definition) is 1. The molecule has 0 spiro atoms. The number of fused-ring (bicyclic) bond motifs is 1. The fourth-order valence-corrected chi connectivity index (χ4v) is 3.49. The van der Waals surface area contributed by atoms with Gasteiger partial charge in [0.15, 0.2) is 0 Å². The Morgan fingerprint density at radius 3 is 2.31 bits per heavy atom. The van der Waals surface area contributed by atoms with Crippen molar-refractivity contribution >= 4 is 23.5 Å². The zero-order chi connectivity index (χ0) is 21.1.